The Hall–Kier alpha value is -3.02. The predicted octanol–water partition coefficient (Wildman–Crippen LogP) is 1.97. The highest BCUT2D eigenvalue weighted by Gasteiger charge is 2.26. The molecular formula is C21H25N3O3. The van der Waals surface area contributed by atoms with E-state index in [1.165, 1.54) is 0 Å². The van der Waals surface area contributed by atoms with Crippen LogP contribution in [-0.4, -0.2) is 50.0 Å². The van der Waals surface area contributed by atoms with Gasteiger partial charge >= 0.3 is 11.8 Å². The van der Waals surface area contributed by atoms with E-state index in [-0.39, 0.29) is 0 Å². The average Bonchev–Trinajstić information content (AvgIpc) is 2.72. The van der Waals surface area contributed by atoms with Crippen molar-refractivity contribution in [2.45, 2.75) is 13.5 Å². The number of aryl methyl sites for hydroxylation is 1. The van der Waals surface area contributed by atoms with E-state index in [9.17, 15) is 9.59 Å². The first-order chi connectivity index (χ1) is 13.1. The molecule has 6 nitrogen and oxygen atoms in total. The largest absolute Gasteiger partial charge is 0.495 e. The van der Waals surface area contributed by atoms with Gasteiger partial charge in [-0.25, -0.2) is 0 Å². The van der Waals surface area contributed by atoms with E-state index in [1.54, 1.807) is 12.0 Å². The average molecular weight is 367 g/mol. The molecule has 2 aromatic carbocycles. The van der Waals surface area contributed by atoms with Crippen LogP contribution in [0.1, 0.15) is 11.1 Å². The van der Waals surface area contributed by atoms with Crippen LogP contribution in [0.25, 0.3) is 0 Å². The van der Waals surface area contributed by atoms with E-state index < -0.39 is 11.8 Å². The summed E-state index contributed by atoms with van der Waals surface area (Å²) in [6.07, 6.45) is 0. The molecule has 0 saturated carbocycles. The molecule has 2 aromatic rings. The predicted molar refractivity (Wildman–Crippen MR) is 105 cm³/mol. The fraction of sp³-hybridized carbons (Fsp3) is 0.333. The molecule has 0 spiro atoms. The van der Waals surface area contributed by atoms with Crippen molar-refractivity contribution in [1.29, 1.82) is 0 Å². The highest BCUT2D eigenvalue weighted by molar-refractivity contribution is 6.35. The third-order valence-electron chi connectivity index (χ3n) is 4.89. The number of benzene rings is 2. The number of rotatable bonds is 4. The van der Waals surface area contributed by atoms with Gasteiger partial charge in [-0.15, -0.1) is 0 Å². The molecule has 1 aliphatic heterocycles. The maximum atomic E-state index is 12.4. The molecule has 0 unspecified atom stereocenters. The molecule has 0 aliphatic carbocycles. The summed E-state index contributed by atoms with van der Waals surface area (Å²) in [6, 6.07) is 15.6. The van der Waals surface area contributed by atoms with Crippen LogP contribution in [0.5, 0.6) is 5.75 Å². The van der Waals surface area contributed by atoms with E-state index in [0.29, 0.717) is 32.7 Å². The Labute approximate surface area is 159 Å². The fourth-order valence-electron chi connectivity index (χ4n) is 3.24. The van der Waals surface area contributed by atoms with Crippen molar-refractivity contribution in [3.63, 3.8) is 0 Å². The second-order valence-electron chi connectivity index (χ2n) is 6.56. The van der Waals surface area contributed by atoms with Gasteiger partial charge in [0.1, 0.15) is 5.75 Å². The number of anilines is 1. The number of piperazine rings is 1. The molecular weight excluding hydrogens is 342 g/mol. The van der Waals surface area contributed by atoms with Crippen molar-refractivity contribution < 1.29 is 14.3 Å². The summed E-state index contributed by atoms with van der Waals surface area (Å²) in [6.45, 7) is 4.69. The maximum Gasteiger partial charge on any atom is 0.312 e. The molecule has 27 heavy (non-hydrogen) atoms. The Bertz CT molecular complexity index is 814. The smallest absolute Gasteiger partial charge is 0.312 e. The first-order valence-corrected chi connectivity index (χ1v) is 9.09. The van der Waals surface area contributed by atoms with E-state index in [2.05, 4.69) is 10.2 Å². The van der Waals surface area contributed by atoms with Crippen molar-refractivity contribution in [1.82, 2.24) is 10.2 Å². The summed E-state index contributed by atoms with van der Waals surface area (Å²) in [5.74, 6) is -0.208. The SMILES string of the molecule is COc1ccccc1N1CCN(C(=O)C(=O)NCc2ccccc2C)CC1. The summed E-state index contributed by atoms with van der Waals surface area (Å²) in [5.41, 5.74) is 3.12. The van der Waals surface area contributed by atoms with Gasteiger partial charge in [-0.2, -0.15) is 0 Å². The minimum atomic E-state index is -0.552. The number of hydrogen-bond donors (Lipinski definition) is 1. The van der Waals surface area contributed by atoms with Crippen LogP contribution in [-0.2, 0) is 16.1 Å². The van der Waals surface area contributed by atoms with Gasteiger partial charge < -0.3 is 19.9 Å². The lowest BCUT2D eigenvalue weighted by molar-refractivity contribution is -0.146. The van der Waals surface area contributed by atoms with Crippen molar-refractivity contribution in [2.75, 3.05) is 38.2 Å². The summed E-state index contributed by atoms with van der Waals surface area (Å²) in [7, 11) is 1.65. The molecule has 6 heteroatoms. The highest BCUT2D eigenvalue weighted by Crippen LogP contribution is 2.28. The number of ether oxygens (including phenoxy) is 1. The molecule has 1 N–H and O–H groups in total. The Morgan fingerprint density at radius 3 is 2.37 bits per heavy atom. The summed E-state index contributed by atoms with van der Waals surface area (Å²) < 4.78 is 5.41. The van der Waals surface area contributed by atoms with Crippen LogP contribution in [0.2, 0.25) is 0 Å². The summed E-state index contributed by atoms with van der Waals surface area (Å²) in [5, 5.41) is 2.73. The Kier molecular flexibility index (Phi) is 5.96. The Balaban J connectivity index is 1.53. The molecule has 1 aliphatic rings. The minimum absolute atomic E-state index is 0.360. The maximum absolute atomic E-state index is 12.4. The molecule has 1 fully saturated rings. The molecule has 0 bridgehead atoms. The third kappa shape index (κ3) is 4.39. The van der Waals surface area contributed by atoms with Crippen molar-refractivity contribution >= 4 is 17.5 Å². The molecule has 142 valence electrons. The first-order valence-electron chi connectivity index (χ1n) is 9.09. The Morgan fingerprint density at radius 2 is 1.67 bits per heavy atom. The first kappa shape index (κ1) is 18.8. The third-order valence-corrected chi connectivity index (χ3v) is 4.89. The van der Waals surface area contributed by atoms with Crippen LogP contribution in [0, 0.1) is 6.92 Å². The van der Waals surface area contributed by atoms with Crippen LogP contribution in [0.3, 0.4) is 0 Å². The second kappa shape index (κ2) is 8.58. The molecule has 2 amide bonds. The van der Waals surface area contributed by atoms with Gasteiger partial charge in [-0.3, -0.25) is 9.59 Å². The lowest BCUT2D eigenvalue weighted by atomic mass is 10.1. The Morgan fingerprint density at radius 1 is 1.00 bits per heavy atom. The van der Waals surface area contributed by atoms with Gasteiger partial charge in [-0.1, -0.05) is 36.4 Å². The van der Waals surface area contributed by atoms with Crippen LogP contribution in [0.15, 0.2) is 48.5 Å². The van der Waals surface area contributed by atoms with Crippen LogP contribution >= 0.6 is 0 Å². The molecule has 3 rings (SSSR count). The zero-order valence-electron chi connectivity index (χ0n) is 15.8. The van der Waals surface area contributed by atoms with Gasteiger partial charge in [0, 0.05) is 32.7 Å². The van der Waals surface area contributed by atoms with E-state index in [4.69, 9.17) is 4.74 Å². The molecule has 1 heterocycles. The van der Waals surface area contributed by atoms with Crippen molar-refractivity contribution in [2.24, 2.45) is 0 Å². The zero-order valence-corrected chi connectivity index (χ0v) is 15.8. The van der Waals surface area contributed by atoms with Crippen LogP contribution < -0.4 is 15.0 Å². The number of carbonyl (C=O) groups is 2. The number of amides is 2. The van der Waals surface area contributed by atoms with Crippen molar-refractivity contribution in [3.8, 4) is 5.75 Å². The second-order valence-corrected chi connectivity index (χ2v) is 6.56. The molecule has 0 radical (unpaired) electrons. The standard InChI is InChI=1S/C21H25N3O3/c1-16-7-3-4-8-17(16)15-22-20(25)21(26)24-13-11-23(12-14-24)18-9-5-6-10-19(18)27-2/h3-10H,11-15H2,1-2H3,(H,22,25). The highest BCUT2D eigenvalue weighted by atomic mass is 16.5. The quantitative estimate of drug-likeness (QED) is 0.840. The summed E-state index contributed by atoms with van der Waals surface area (Å²) >= 11 is 0. The number of methoxy groups -OCH3 is 1. The van der Waals surface area contributed by atoms with E-state index in [1.807, 2.05) is 55.5 Å². The topological polar surface area (TPSA) is 61.9 Å². The number of hydrogen-bond acceptors (Lipinski definition) is 4. The summed E-state index contributed by atoms with van der Waals surface area (Å²) in [4.78, 5) is 28.5. The number of para-hydroxylation sites is 2. The van der Waals surface area contributed by atoms with Gasteiger partial charge in [0.25, 0.3) is 0 Å². The van der Waals surface area contributed by atoms with Gasteiger partial charge in [0.2, 0.25) is 0 Å². The molecule has 0 atom stereocenters. The number of nitrogens with one attached hydrogen (secondary N) is 1. The minimum Gasteiger partial charge on any atom is -0.495 e. The van der Waals surface area contributed by atoms with E-state index in [0.717, 1.165) is 22.6 Å². The monoisotopic (exact) mass is 367 g/mol. The zero-order chi connectivity index (χ0) is 19.2. The van der Waals surface area contributed by atoms with Crippen molar-refractivity contribution in [3.05, 3.63) is 59.7 Å². The fourth-order valence-corrected chi connectivity index (χ4v) is 3.24. The van der Waals surface area contributed by atoms with Gasteiger partial charge in [0.15, 0.2) is 0 Å². The van der Waals surface area contributed by atoms with Gasteiger partial charge in [0.05, 0.1) is 12.8 Å². The van der Waals surface area contributed by atoms with Crippen LogP contribution in [0.4, 0.5) is 5.69 Å². The van der Waals surface area contributed by atoms with E-state index >= 15 is 0 Å². The molecule has 1 saturated heterocycles. The number of nitrogens with zero attached hydrogens (tertiary/aromatic N) is 2. The lowest BCUT2D eigenvalue weighted by Gasteiger charge is -2.36. The normalized spacial score (nSPS) is 14.0. The lowest BCUT2D eigenvalue weighted by Crippen LogP contribution is -2.52. The van der Waals surface area contributed by atoms with Gasteiger partial charge in [-0.05, 0) is 30.2 Å². The molecule has 0 aromatic heterocycles. The number of carbonyl (C=O) groups excluding carboxylic acids is 2.